The standard InChI is InChI=1S/C19H34N4O6S/c1-11(2)9-14(19(28)29)22-17(26)15-5-4-7-23(15)18(27)13(6-8-30-3)21-16(25)12(20)10-24/h11-15,24H,4-10,20H2,1-3H3,(H,21,25)(H,22,26)(H,28,29). The number of hydrogen-bond donors (Lipinski definition) is 5. The largest absolute Gasteiger partial charge is 0.480 e. The van der Waals surface area contributed by atoms with E-state index in [2.05, 4.69) is 10.6 Å². The van der Waals surface area contributed by atoms with Crippen LogP contribution in [0, 0.1) is 5.92 Å². The van der Waals surface area contributed by atoms with Gasteiger partial charge in [0.25, 0.3) is 0 Å². The van der Waals surface area contributed by atoms with Gasteiger partial charge >= 0.3 is 5.97 Å². The maximum Gasteiger partial charge on any atom is 0.326 e. The number of carbonyl (C=O) groups excluding carboxylic acids is 3. The first-order chi connectivity index (χ1) is 14.1. The van der Waals surface area contributed by atoms with Crippen LogP contribution in [0.25, 0.3) is 0 Å². The summed E-state index contributed by atoms with van der Waals surface area (Å²) in [5.41, 5.74) is 5.53. The van der Waals surface area contributed by atoms with Crippen molar-refractivity contribution in [3.05, 3.63) is 0 Å². The van der Waals surface area contributed by atoms with Gasteiger partial charge in [0.1, 0.15) is 24.2 Å². The maximum atomic E-state index is 13.1. The predicted octanol–water partition coefficient (Wildman–Crippen LogP) is -0.850. The van der Waals surface area contributed by atoms with E-state index in [0.717, 1.165) is 0 Å². The number of thioether (sulfide) groups is 1. The highest BCUT2D eigenvalue weighted by atomic mass is 32.2. The molecule has 4 atom stereocenters. The summed E-state index contributed by atoms with van der Waals surface area (Å²) in [7, 11) is 0. The third-order valence-electron chi connectivity index (χ3n) is 4.92. The molecule has 30 heavy (non-hydrogen) atoms. The second-order valence-corrected chi connectivity index (χ2v) is 8.84. The van der Waals surface area contributed by atoms with Crippen molar-refractivity contribution >= 4 is 35.5 Å². The van der Waals surface area contributed by atoms with Gasteiger partial charge in [-0.05, 0) is 43.6 Å². The van der Waals surface area contributed by atoms with Gasteiger partial charge in [-0.1, -0.05) is 13.8 Å². The number of amides is 3. The molecule has 0 aromatic carbocycles. The van der Waals surface area contributed by atoms with E-state index in [1.807, 2.05) is 20.1 Å². The number of aliphatic hydroxyl groups is 1. The summed E-state index contributed by atoms with van der Waals surface area (Å²) in [4.78, 5) is 50.8. The van der Waals surface area contributed by atoms with E-state index in [1.165, 1.54) is 16.7 Å². The molecule has 1 saturated heterocycles. The fourth-order valence-corrected chi connectivity index (χ4v) is 3.79. The number of nitrogens with two attached hydrogens (primary N) is 1. The average Bonchev–Trinajstić information content (AvgIpc) is 3.18. The van der Waals surface area contributed by atoms with E-state index < -0.39 is 54.5 Å². The Bertz CT molecular complexity index is 618. The van der Waals surface area contributed by atoms with Crippen LogP contribution >= 0.6 is 11.8 Å². The zero-order valence-corrected chi connectivity index (χ0v) is 18.6. The molecule has 0 radical (unpaired) electrons. The minimum atomic E-state index is -1.14. The summed E-state index contributed by atoms with van der Waals surface area (Å²) >= 11 is 1.51. The first kappa shape index (κ1) is 26.2. The molecule has 4 unspecified atom stereocenters. The normalized spacial score (nSPS) is 19.3. The van der Waals surface area contributed by atoms with E-state index in [9.17, 15) is 24.3 Å². The van der Waals surface area contributed by atoms with Crippen LogP contribution in [0.5, 0.6) is 0 Å². The van der Waals surface area contributed by atoms with Gasteiger partial charge in [0.2, 0.25) is 17.7 Å². The van der Waals surface area contributed by atoms with Crippen LogP contribution in [0.1, 0.15) is 39.5 Å². The molecule has 1 heterocycles. The lowest BCUT2D eigenvalue weighted by Crippen LogP contribution is -2.57. The molecule has 0 aromatic rings. The molecule has 0 spiro atoms. The summed E-state index contributed by atoms with van der Waals surface area (Å²) < 4.78 is 0. The highest BCUT2D eigenvalue weighted by Gasteiger charge is 2.39. The topological polar surface area (TPSA) is 162 Å². The molecule has 6 N–H and O–H groups in total. The Kier molecular flexibility index (Phi) is 11.1. The Morgan fingerprint density at radius 1 is 1.20 bits per heavy atom. The van der Waals surface area contributed by atoms with E-state index in [-0.39, 0.29) is 12.3 Å². The molecule has 1 aliphatic heterocycles. The monoisotopic (exact) mass is 446 g/mol. The molecule has 11 heteroatoms. The Labute approximate surface area is 181 Å². The number of aliphatic hydroxyl groups excluding tert-OH is 1. The lowest BCUT2D eigenvalue weighted by Gasteiger charge is -2.30. The third-order valence-corrected chi connectivity index (χ3v) is 5.56. The van der Waals surface area contributed by atoms with Gasteiger partial charge in [-0.25, -0.2) is 4.79 Å². The van der Waals surface area contributed by atoms with Gasteiger partial charge in [0.05, 0.1) is 6.61 Å². The zero-order chi connectivity index (χ0) is 22.8. The number of carbonyl (C=O) groups is 4. The first-order valence-electron chi connectivity index (χ1n) is 10.1. The van der Waals surface area contributed by atoms with Gasteiger partial charge in [0.15, 0.2) is 0 Å². The maximum absolute atomic E-state index is 13.1. The van der Waals surface area contributed by atoms with Gasteiger partial charge in [-0.2, -0.15) is 11.8 Å². The van der Waals surface area contributed by atoms with Crippen molar-refractivity contribution in [2.24, 2.45) is 11.7 Å². The number of rotatable bonds is 12. The number of likely N-dealkylation sites (tertiary alicyclic amines) is 1. The summed E-state index contributed by atoms with van der Waals surface area (Å²) in [6.45, 7) is 3.53. The van der Waals surface area contributed by atoms with Crippen molar-refractivity contribution in [2.45, 2.75) is 63.7 Å². The van der Waals surface area contributed by atoms with Crippen LogP contribution in [0.15, 0.2) is 0 Å². The predicted molar refractivity (Wildman–Crippen MR) is 114 cm³/mol. The number of nitrogens with zero attached hydrogens (tertiary/aromatic N) is 1. The second kappa shape index (κ2) is 12.8. The Morgan fingerprint density at radius 3 is 2.40 bits per heavy atom. The highest BCUT2D eigenvalue weighted by Crippen LogP contribution is 2.20. The first-order valence-corrected chi connectivity index (χ1v) is 11.5. The van der Waals surface area contributed by atoms with Crippen LogP contribution in [0.4, 0.5) is 0 Å². The number of carboxylic acid groups (broad SMARTS) is 1. The molecule has 0 saturated carbocycles. The van der Waals surface area contributed by atoms with Crippen molar-refractivity contribution in [2.75, 3.05) is 25.2 Å². The smallest absolute Gasteiger partial charge is 0.326 e. The molecular formula is C19H34N4O6S. The summed E-state index contributed by atoms with van der Waals surface area (Å²) in [5, 5.41) is 23.6. The van der Waals surface area contributed by atoms with E-state index in [4.69, 9.17) is 10.8 Å². The molecule has 0 aromatic heterocycles. The molecule has 172 valence electrons. The Hall–Kier alpha value is -1.85. The lowest BCUT2D eigenvalue weighted by molar-refractivity contribution is -0.145. The van der Waals surface area contributed by atoms with Crippen molar-refractivity contribution in [1.29, 1.82) is 0 Å². The van der Waals surface area contributed by atoms with Crippen LogP contribution < -0.4 is 16.4 Å². The molecule has 0 aliphatic carbocycles. The lowest BCUT2D eigenvalue weighted by atomic mass is 10.0. The number of hydrogen-bond acceptors (Lipinski definition) is 7. The zero-order valence-electron chi connectivity index (χ0n) is 17.8. The summed E-state index contributed by atoms with van der Waals surface area (Å²) in [5.74, 6) is -1.98. The van der Waals surface area contributed by atoms with Crippen LogP contribution in [-0.2, 0) is 19.2 Å². The molecule has 3 amide bonds. The SMILES string of the molecule is CSCCC(NC(=O)C(N)CO)C(=O)N1CCCC1C(=O)NC(CC(C)C)C(=O)O. The molecular weight excluding hydrogens is 412 g/mol. The molecule has 10 nitrogen and oxygen atoms in total. The van der Waals surface area contributed by atoms with Gasteiger partial charge < -0.3 is 31.5 Å². The highest BCUT2D eigenvalue weighted by molar-refractivity contribution is 7.98. The molecule has 0 bridgehead atoms. The minimum Gasteiger partial charge on any atom is -0.480 e. The molecule has 1 rings (SSSR count). The van der Waals surface area contributed by atoms with Gasteiger partial charge in [0, 0.05) is 6.54 Å². The summed E-state index contributed by atoms with van der Waals surface area (Å²) in [6.07, 6.45) is 3.53. The van der Waals surface area contributed by atoms with E-state index in [0.29, 0.717) is 31.6 Å². The van der Waals surface area contributed by atoms with Crippen LogP contribution in [0.3, 0.4) is 0 Å². The van der Waals surface area contributed by atoms with Crippen LogP contribution in [0.2, 0.25) is 0 Å². The fraction of sp³-hybridized carbons (Fsp3) is 0.789. The second-order valence-electron chi connectivity index (χ2n) is 7.85. The molecule has 1 aliphatic rings. The molecule has 1 fully saturated rings. The minimum absolute atomic E-state index is 0.0783. The van der Waals surface area contributed by atoms with Crippen molar-refractivity contribution in [3.8, 4) is 0 Å². The Balaban J connectivity index is 2.91. The van der Waals surface area contributed by atoms with Crippen molar-refractivity contribution in [3.63, 3.8) is 0 Å². The van der Waals surface area contributed by atoms with Crippen molar-refractivity contribution in [1.82, 2.24) is 15.5 Å². The van der Waals surface area contributed by atoms with Crippen molar-refractivity contribution < 1.29 is 29.4 Å². The van der Waals surface area contributed by atoms with E-state index >= 15 is 0 Å². The number of carboxylic acids is 1. The third kappa shape index (κ3) is 7.77. The van der Waals surface area contributed by atoms with Gasteiger partial charge in [-0.15, -0.1) is 0 Å². The summed E-state index contributed by atoms with van der Waals surface area (Å²) in [6, 6.07) is -3.82. The Morgan fingerprint density at radius 2 is 1.87 bits per heavy atom. The number of aliphatic carboxylic acids is 1. The van der Waals surface area contributed by atoms with Gasteiger partial charge in [-0.3, -0.25) is 14.4 Å². The van der Waals surface area contributed by atoms with Crippen LogP contribution in [-0.4, -0.2) is 88.1 Å². The number of nitrogens with one attached hydrogen (secondary N) is 2. The average molecular weight is 447 g/mol. The van der Waals surface area contributed by atoms with E-state index in [1.54, 1.807) is 0 Å². The fourth-order valence-electron chi connectivity index (χ4n) is 3.32. The quantitative estimate of drug-likeness (QED) is 0.259.